The molecule has 100 valence electrons. The number of carbonyl (C=O) groups is 1. The van der Waals surface area contributed by atoms with Crippen LogP contribution in [0, 0.1) is 0 Å². The zero-order chi connectivity index (χ0) is 13.8. The molecule has 0 amide bonds. The lowest BCUT2D eigenvalue weighted by molar-refractivity contribution is 0.101. The van der Waals surface area contributed by atoms with Gasteiger partial charge in [0.2, 0.25) is 0 Å². The van der Waals surface area contributed by atoms with Crippen molar-refractivity contribution in [2.45, 2.75) is 17.6 Å². The average molecular weight is 276 g/mol. The van der Waals surface area contributed by atoms with Gasteiger partial charge in [0.15, 0.2) is 5.78 Å². The van der Waals surface area contributed by atoms with Crippen LogP contribution in [0.15, 0.2) is 35.5 Å². The molecule has 2 rings (SSSR count). The first-order valence-corrected chi connectivity index (χ1v) is 6.88. The second kappa shape index (κ2) is 5.93. The molecule has 0 bridgehead atoms. The summed E-state index contributed by atoms with van der Waals surface area (Å²) >= 11 is 1.67. The Kier molecular flexibility index (Phi) is 4.27. The Bertz CT molecular complexity index is 593. The fourth-order valence-corrected chi connectivity index (χ4v) is 2.63. The maximum atomic E-state index is 11.3. The summed E-state index contributed by atoms with van der Waals surface area (Å²) in [6.07, 6.45) is 3.84. The average Bonchev–Trinajstić information content (AvgIpc) is 2.81. The van der Waals surface area contributed by atoms with Gasteiger partial charge in [0, 0.05) is 35.0 Å². The van der Waals surface area contributed by atoms with E-state index in [1.807, 2.05) is 31.6 Å². The lowest BCUT2D eigenvalue weighted by atomic mass is 10.1. The van der Waals surface area contributed by atoms with Crippen LogP contribution in [0.1, 0.15) is 22.8 Å². The Morgan fingerprint density at radius 1 is 1.47 bits per heavy atom. The minimum atomic E-state index is 0.0436. The van der Waals surface area contributed by atoms with Crippen molar-refractivity contribution in [2.75, 3.05) is 7.11 Å². The minimum absolute atomic E-state index is 0.0436. The van der Waals surface area contributed by atoms with Crippen LogP contribution in [0.3, 0.4) is 0 Å². The van der Waals surface area contributed by atoms with Crippen LogP contribution in [0.5, 0.6) is 5.75 Å². The van der Waals surface area contributed by atoms with Gasteiger partial charge in [-0.25, -0.2) is 0 Å². The molecule has 4 nitrogen and oxygen atoms in total. The van der Waals surface area contributed by atoms with Crippen molar-refractivity contribution >= 4 is 17.5 Å². The predicted octanol–water partition coefficient (Wildman–Crippen LogP) is 2.92. The van der Waals surface area contributed by atoms with Crippen LogP contribution in [0.2, 0.25) is 0 Å². The Morgan fingerprint density at radius 2 is 2.26 bits per heavy atom. The lowest BCUT2D eigenvalue weighted by Gasteiger charge is -2.08. The molecule has 0 saturated carbocycles. The largest absolute Gasteiger partial charge is 0.496 e. The van der Waals surface area contributed by atoms with E-state index in [2.05, 4.69) is 5.10 Å². The van der Waals surface area contributed by atoms with Crippen molar-refractivity contribution in [1.82, 2.24) is 9.78 Å². The molecule has 1 aromatic carbocycles. The molecule has 0 unspecified atom stereocenters. The van der Waals surface area contributed by atoms with Crippen molar-refractivity contribution in [3.63, 3.8) is 0 Å². The topological polar surface area (TPSA) is 44.1 Å². The lowest BCUT2D eigenvalue weighted by Crippen LogP contribution is -1.94. The van der Waals surface area contributed by atoms with E-state index < -0.39 is 0 Å². The molecule has 0 aliphatic rings. The number of rotatable bonds is 5. The van der Waals surface area contributed by atoms with Gasteiger partial charge in [0.25, 0.3) is 0 Å². The highest BCUT2D eigenvalue weighted by atomic mass is 32.2. The summed E-state index contributed by atoms with van der Waals surface area (Å²) < 4.78 is 7.12. The number of nitrogens with zero attached hydrogens (tertiary/aromatic N) is 2. The first-order valence-electron chi connectivity index (χ1n) is 5.89. The van der Waals surface area contributed by atoms with Gasteiger partial charge in [0.1, 0.15) is 5.75 Å². The highest BCUT2D eigenvalue weighted by molar-refractivity contribution is 7.98. The number of thioether (sulfide) groups is 1. The fraction of sp³-hybridized carbons (Fsp3) is 0.286. The van der Waals surface area contributed by atoms with E-state index in [4.69, 9.17) is 4.74 Å². The molecule has 0 N–H and O–H groups in total. The Hall–Kier alpha value is -1.75. The van der Waals surface area contributed by atoms with Crippen molar-refractivity contribution in [1.29, 1.82) is 0 Å². The number of ketones is 1. The molecule has 0 radical (unpaired) electrons. The fourth-order valence-electron chi connectivity index (χ4n) is 1.71. The molecule has 0 spiro atoms. The smallest absolute Gasteiger partial charge is 0.159 e. The predicted molar refractivity (Wildman–Crippen MR) is 75.8 cm³/mol. The number of benzene rings is 1. The van der Waals surface area contributed by atoms with E-state index in [0.717, 1.165) is 22.0 Å². The van der Waals surface area contributed by atoms with E-state index >= 15 is 0 Å². The Labute approximate surface area is 116 Å². The highest BCUT2D eigenvalue weighted by Gasteiger charge is 2.08. The first kappa shape index (κ1) is 13.7. The number of Topliss-reactive ketones (excluding diaryl/α,β-unsaturated/α-hetero) is 1. The van der Waals surface area contributed by atoms with Gasteiger partial charge < -0.3 is 4.74 Å². The van der Waals surface area contributed by atoms with Gasteiger partial charge in [-0.1, -0.05) is 6.07 Å². The third-order valence-corrected chi connectivity index (χ3v) is 3.85. The van der Waals surface area contributed by atoms with Crippen molar-refractivity contribution in [3.8, 4) is 5.75 Å². The first-order chi connectivity index (χ1) is 9.10. The highest BCUT2D eigenvalue weighted by Crippen LogP contribution is 2.32. The van der Waals surface area contributed by atoms with Gasteiger partial charge in [-0.05, 0) is 19.1 Å². The molecule has 0 atom stereocenters. The van der Waals surface area contributed by atoms with Crippen LogP contribution in [0.25, 0.3) is 0 Å². The molecule has 1 aromatic heterocycles. The van der Waals surface area contributed by atoms with Crippen LogP contribution in [-0.2, 0) is 12.8 Å². The third-order valence-electron chi connectivity index (χ3n) is 2.72. The Balaban J connectivity index is 2.13. The number of aromatic nitrogens is 2. The van der Waals surface area contributed by atoms with Gasteiger partial charge in [-0.15, -0.1) is 11.8 Å². The number of aryl methyl sites for hydroxylation is 1. The van der Waals surface area contributed by atoms with Crippen molar-refractivity contribution < 1.29 is 9.53 Å². The SMILES string of the molecule is COc1cc(C(C)=O)ccc1SCc1cnn(C)c1. The molecule has 2 aromatic rings. The summed E-state index contributed by atoms with van der Waals surface area (Å²) in [7, 11) is 3.52. The van der Waals surface area contributed by atoms with Crippen LogP contribution >= 0.6 is 11.8 Å². The Morgan fingerprint density at radius 3 is 2.84 bits per heavy atom. The summed E-state index contributed by atoms with van der Waals surface area (Å²) in [5.41, 5.74) is 1.83. The van der Waals surface area contributed by atoms with E-state index in [9.17, 15) is 4.79 Å². The second-order valence-corrected chi connectivity index (χ2v) is 5.25. The van der Waals surface area contributed by atoms with E-state index in [-0.39, 0.29) is 5.78 Å². The molecule has 0 aliphatic carbocycles. The van der Waals surface area contributed by atoms with Gasteiger partial charge >= 0.3 is 0 Å². The number of ether oxygens (including phenoxy) is 1. The summed E-state index contributed by atoms with van der Waals surface area (Å²) in [5.74, 6) is 1.60. The number of hydrogen-bond donors (Lipinski definition) is 0. The van der Waals surface area contributed by atoms with Crippen LogP contribution in [0.4, 0.5) is 0 Å². The van der Waals surface area contributed by atoms with E-state index in [1.165, 1.54) is 0 Å². The zero-order valence-corrected chi connectivity index (χ0v) is 12.0. The molecule has 1 heterocycles. The molecular weight excluding hydrogens is 260 g/mol. The molecule has 0 fully saturated rings. The molecule has 19 heavy (non-hydrogen) atoms. The van der Waals surface area contributed by atoms with E-state index in [0.29, 0.717) is 5.56 Å². The van der Waals surface area contributed by atoms with Crippen molar-refractivity contribution in [2.24, 2.45) is 7.05 Å². The van der Waals surface area contributed by atoms with Crippen molar-refractivity contribution in [3.05, 3.63) is 41.7 Å². The summed E-state index contributed by atoms with van der Waals surface area (Å²) in [6, 6.07) is 5.54. The minimum Gasteiger partial charge on any atom is -0.496 e. The zero-order valence-electron chi connectivity index (χ0n) is 11.2. The van der Waals surface area contributed by atoms with E-state index in [1.54, 1.807) is 36.5 Å². The molecule has 0 aliphatic heterocycles. The monoisotopic (exact) mass is 276 g/mol. The quantitative estimate of drug-likeness (QED) is 0.622. The summed E-state index contributed by atoms with van der Waals surface area (Å²) in [5, 5.41) is 4.14. The van der Waals surface area contributed by atoms with Gasteiger partial charge in [-0.2, -0.15) is 5.10 Å². The summed E-state index contributed by atoms with van der Waals surface area (Å²) in [6.45, 7) is 1.55. The number of carbonyl (C=O) groups excluding carboxylic acids is 1. The van der Waals surface area contributed by atoms with Gasteiger partial charge in [-0.3, -0.25) is 9.48 Å². The standard InChI is InChI=1S/C14H16N2O2S/c1-10(17)12-4-5-14(13(6-12)18-3)19-9-11-7-15-16(2)8-11/h4-8H,9H2,1-3H3. The number of methoxy groups -OCH3 is 1. The molecule has 5 heteroatoms. The van der Waals surface area contributed by atoms with Gasteiger partial charge in [0.05, 0.1) is 13.3 Å². The van der Waals surface area contributed by atoms with Crippen LogP contribution < -0.4 is 4.74 Å². The van der Waals surface area contributed by atoms with Crippen LogP contribution in [-0.4, -0.2) is 22.7 Å². The summed E-state index contributed by atoms with van der Waals surface area (Å²) in [4.78, 5) is 12.4. The second-order valence-electron chi connectivity index (χ2n) is 4.23. The molecular formula is C14H16N2O2S. The maximum absolute atomic E-state index is 11.3. The molecule has 0 saturated heterocycles. The number of hydrogen-bond acceptors (Lipinski definition) is 4. The normalized spacial score (nSPS) is 10.5. The maximum Gasteiger partial charge on any atom is 0.159 e. The third kappa shape index (κ3) is 3.38.